The van der Waals surface area contributed by atoms with E-state index >= 15 is 0 Å². The number of hydrogen-bond acceptors (Lipinski definition) is 6. The first kappa shape index (κ1) is 15.7. The standard InChI is InChI=1S/C15H19N3O2S2/c1-3-11-8-12-13(16-9-17-14(12)22-11)21-10(2)15(19)18-4-6-20-7-5-18/h8-10H,3-7H2,1-2H3/t10-/m0/s1. The fourth-order valence-electron chi connectivity index (χ4n) is 2.41. The molecule has 1 aliphatic heterocycles. The van der Waals surface area contributed by atoms with Crippen molar-refractivity contribution in [3.63, 3.8) is 0 Å². The average molecular weight is 337 g/mol. The highest BCUT2D eigenvalue weighted by atomic mass is 32.2. The van der Waals surface area contributed by atoms with Crippen LogP contribution in [-0.2, 0) is 16.0 Å². The fraction of sp³-hybridized carbons (Fsp3) is 0.533. The molecule has 22 heavy (non-hydrogen) atoms. The van der Waals surface area contributed by atoms with Gasteiger partial charge in [0.15, 0.2) is 0 Å². The maximum Gasteiger partial charge on any atom is 0.235 e. The summed E-state index contributed by atoms with van der Waals surface area (Å²) in [7, 11) is 0. The van der Waals surface area contributed by atoms with Crippen LogP contribution in [0.15, 0.2) is 17.4 Å². The molecule has 3 heterocycles. The van der Waals surface area contributed by atoms with Gasteiger partial charge < -0.3 is 9.64 Å². The molecule has 0 radical (unpaired) electrons. The number of hydrogen-bond donors (Lipinski definition) is 0. The second-order valence-electron chi connectivity index (χ2n) is 5.16. The number of fused-ring (bicyclic) bond motifs is 1. The third-order valence-electron chi connectivity index (χ3n) is 3.65. The molecule has 0 aliphatic carbocycles. The van der Waals surface area contributed by atoms with Crippen LogP contribution in [0.5, 0.6) is 0 Å². The lowest BCUT2D eigenvalue weighted by Crippen LogP contribution is -2.44. The minimum absolute atomic E-state index is 0.152. The number of thiophene rings is 1. The quantitative estimate of drug-likeness (QED) is 0.634. The molecule has 2 aromatic heterocycles. The second kappa shape index (κ2) is 6.93. The number of nitrogens with zero attached hydrogens (tertiary/aromatic N) is 3. The summed E-state index contributed by atoms with van der Waals surface area (Å²) < 4.78 is 5.30. The van der Waals surface area contributed by atoms with Crippen LogP contribution >= 0.6 is 23.1 Å². The zero-order valence-electron chi connectivity index (χ0n) is 12.7. The molecule has 7 heteroatoms. The second-order valence-corrected chi connectivity index (χ2v) is 7.61. The Morgan fingerprint density at radius 2 is 2.23 bits per heavy atom. The SMILES string of the molecule is CCc1cc2c(S[C@@H](C)C(=O)N3CCOCC3)ncnc2s1. The average Bonchev–Trinajstić information content (AvgIpc) is 2.99. The van der Waals surface area contributed by atoms with Crippen molar-refractivity contribution in [2.75, 3.05) is 26.3 Å². The van der Waals surface area contributed by atoms with Gasteiger partial charge in [0.25, 0.3) is 0 Å². The molecule has 118 valence electrons. The lowest BCUT2D eigenvalue weighted by Gasteiger charge is -2.28. The Labute approximate surface area is 138 Å². The van der Waals surface area contributed by atoms with Gasteiger partial charge in [-0.25, -0.2) is 9.97 Å². The van der Waals surface area contributed by atoms with Gasteiger partial charge in [-0.1, -0.05) is 18.7 Å². The number of aryl methyl sites for hydroxylation is 1. The van der Waals surface area contributed by atoms with E-state index in [1.54, 1.807) is 17.7 Å². The molecule has 0 aromatic carbocycles. The van der Waals surface area contributed by atoms with Gasteiger partial charge in [0.1, 0.15) is 16.2 Å². The van der Waals surface area contributed by atoms with E-state index in [9.17, 15) is 4.79 Å². The van der Waals surface area contributed by atoms with Gasteiger partial charge in [0.2, 0.25) is 5.91 Å². The minimum Gasteiger partial charge on any atom is -0.378 e. The highest BCUT2D eigenvalue weighted by Gasteiger charge is 2.24. The van der Waals surface area contributed by atoms with E-state index in [-0.39, 0.29) is 11.2 Å². The molecule has 1 atom stereocenters. The predicted octanol–water partition coefficient (Wildman–Crippen LogP) is 2.59. The zero-order chi connectivity index (χ0) is 15.5. The van der Waals surface area contributed by atoms with Gasteiger partial charge >= 0.3 is 0 Å². The maximum atomic E-state index is 12.5. The molecular formula is C15H19N3O2S2. The molecule has 1 amide bonds. The molecule has 5 nitrogen and oxygen atoms in total. The van der Waals surface area contributed by atoms with Gasteiger partial charge in [-0.2, -0.15) is 0 Å². The maximum absolute atomic E-state index is 12.5. The van der Waals surface area contributed by atoms with Gasteiger partial charge in [-0.05, 0) is 19.4 Å². The predicted molar refractivity (Wildman–Crippen MR) is 89.5 cm³/mol. The van der Waals surface area contributed by atoms with E-state index in [0.717, 1.165) is 21.7 Å². The van der Waals surface area contributed by atoms with Crippen molar-refractivity contribution < 1.29 is 9.53 Å². The molecule has 1 aliphatic rings. The summed E-state index contributed by atoms with van der Waals surface area (Å²) in [5.74, 6) is 0.158. The summed E-state index contributed by atoms with van der Waals surface area (Å²) in [5, 5.41) is 1.81. The van der Waals surface area contributed by atoms with Crippen molar-refractivity contribution in [3.8, 4) is 0 Å². The topological polar surface area (TPSA) is 55.3 Å². The van der Waals surface area contributed by atoms with Crippen molar-refractivity contribution in [1.82, 2.24) is 14.9 Å². The molecule has 0 saturated carbocycles. The third-order valence-corrected chi connectivity index (χ3v) is 5.94. The monoisotopic (exact) mass is 337 g/mol. The summed E-state index contributed by atoms with van der Waals surface area (Å²) in [6.07, 6.45) is 2.58. The third kappa shape index (κ3) is 3.26. The first-order chi connectivity index (χ1) is 10.7. The lowest BCUT2D eigenvalue weighted by atomic mass is 10.3. The summed E-state index contributed by atoms with van der Waals surface area (Å²) in [6, 6.07) is 2.15. The zero-order valence-corrected chi connectivity index (χ0v) is 14.4. The number of aromatic nitrogens is 2. The molecule has 3 rings (SSSR count). The molecule has 1 fully saturated rings. The first-order valence-electron chi connectivity index (χ1n) is 7.45. The molecule has 0 spiro atoms. The highest BCUT2D eigenvalue weighted by molar-refractivity contribution is 8.00. The lowest BCUT2D eigenvalue weighted by molar-refractivity contribution is -0.134. The van der Waals surface area contributed by atoms with Crippen LogP contribution in [0.1, 0.15) is 18.7 Å². The van der Waals surface area contributed by atoms with Crippen LogP contribution in [0.3, 0.4) is 0 Å². The van der Waals surface area contributed by atoms with Gasteiger partial charge in [0.05, 0.1) is 18.5 Å². The Bertz CT molecular complexity index is 668. The summed E-state index contributed by atoms with van der Waals surface area (Å²) >= 11 is 3.22. The van der Waals surface area contributed by atoms with Crippen molar-refractivity contribution in [3.05, 3.63) is 17.3 Å². The van der Waals surface area contributed by atoms with E-state index in [1.165, 1.54) is 16.6 Å². The van der Waals surface area contributed by atoms with E-state index in [1.807, 2.05) is 11.8 Å². The van der Waals surface area contributed by atoms with Crippen LogP contribution in [0, 0.1) is 0 Å². The number of amides is 1. The molecule has 2 aromatic rings. The van der Waals surface area contributed by atoms with Crippen LogP contribution in [0.2, 0.25) is 0 Å². The van der Waals surface area contributed by atoms with Gasteiger partial charge in [0, 0.05) is 23.4 Å². The number of ether oxygens (including phenoxy) is 1. The Balaban J connectivity index is 1.77. The first-order valence-corrected chi connectivity index (χ1v) is 9.15. The van der Waals surface area contributed by atoms with E-state index in [0.29, 0.717) is 26.3 Å². The smallest absolute Gasteiger partial charge is 0.235 e. The Kier molecular flexibility index (Phi) is 4.95. The van der Waals surface area contributed by atoms with E-state index in [4.69, 9.17) is 4.74 Å². The highest BCUT2D eigenvalue weighted by Crippen LogP contribution is 2.33. The number of carbonyl (C=O) groups excluding carboxylic acids is 1. The molecular weight excluding hydrogens is 318 g/mol. The van der Waals surface area contributed by atoms with Crippen molar-refractivity contribution in [1.29, 1.82) is 0 Å². The van der Waals surface area contributed by atoms with Crippen LogP contribution in [-0.4, -0.2) is 52.3 Å². The van der Waals surface area contributed by atoms with Gasteiger partial charge in [-0.15, -0.1) is 11.3 Å². The van der Waals surface area contributed by atoms with Crippen molar-refractivity contribution in [2.45, 2.75) is 30.5 Å². The summed E-state index contributed by atoms with van der Waals surface area (Å²) in [5.41, 5.74) is 0. The summed E-state index contributed by atoms with van der Waals surface area (Å²) in [4.78, 5) is 25.4. The fourth-order valence-corrected chi connectivity index (χ4v) is 4.39. The number of rotatable bonds is 4. The van der Waals surface area contributed by atoms with Crippen molar-refractivity contribution >= 4 is 39.2 Å². The van der Waals surface area contributed by atoms with Crippen molar-refractivity contribution in [2.24, 2.45) is 0 Å². The minimum atomic E-state index is -0.152. The molecule has 1 saturated heterocycles. The molecule has 0 unspecified atom stereocenters. The molecule has 0 N–H and O–H groups in total. The van der Waals surface area contributed by atoms with Crippen LogP contribution < -0.4 is 0 Å². The number of morpholine rings is 1. The summed E-state index contributed by atoms with van der Waals surface area (Å²) in [6.45, 7) is 6.71. The normalized spacial score (nSPS) is 16.9. The van der Waals surface area contributed by atoms with Crippen LogP contribution in [0.4, 0.5) is 0 Å². The van der Waals surface area contributed by atoms with E-state index < -0.39 is 0 Å². The Morgan fingerprint density at radius 3 is 2.95 bits per heavy atom. The largest absolute Gasteiger partial charge is 0.378 e. The van der Waals surface area contributed by atoms with Gasteiger partial charge in [-0.3, -0.25) is 4.79 Å². The van der Waals surface area contributed by atoms with E-state index in [2.05, 4.69) is 23.0 Å². The number of carbonyl (C=O) groups is 1. The molecule has 0 bridgehead atoms. The Morgan fingerprint density at radius 1 is 1.45 bits per heavy atom. The number of thioether (sulfide) groups is 1. The Hall–Kier alpha value is -1.18. The van der Waals surface area contributed by atoms with Crippen LogP contribution in [0.25, 0.3) is 10.2 Å².